The summed E-state index contributed by atoms with van der Waals surface area (Å²) in [6.45, 7) is 8.68. The van der Waals surface area contributed by atoms with E-state index in [-0.39, 0.29) is 5.54 Å². The molecule has 0 N–H and O–H groups in total. The Labute approximate surface area is 85.4 Å². The topological polar surface area (TPSA) is 12.5 Å². The molecule has 2 nitrogen and oxygen atoms in total. The standard InChI is InChI=1S/C12H17NO/c1-9(2)13-12(3,4)10-7-5-6-8-11(10)14-13/h5-9H,1-4H3. The number of hydrogen-bond acceptors (Lipinski definition) is 2. The van der Waals surface area contributed by atoms with Gasteiger partial charge in [-0.2, -0.15) is 0 Å². The first-order valence-corrected chi connectivity index (χ1v) is 5.10. The van der Waals surface area contributed by atoms with Gasteiger partial charge in [0.25, 0.3) is 0 Å². The van der Waals surface area contributed by atoms with Crippen molar-refractivity contribution in [3.63, 3.8) is 0 Å². The van der Waals surface area contributed by atoms with Gasteiger partial charge in [-0.25, -0.2) is 0 Å². The number of hydroxylamine groups is 2. The lowest BCUT2D eigenvalue weighted by molar-refractivity contribution is -0.133. The van der Waals surface area contributed by atoms with Crippen molar-refractivity contribution in [1.29, 1.82) is 0 Å². The SMILES string of the molecule is CC(C)N1Oc2ccccc2C1(C)C. The lowest BCUT2D eigenvalue weighted by Crippen LogP contribution is -2.42. The average Bonchev–Trinajstić information content (AvgIpc) is 2.39. The molecular weight excluding hydrogens is 174 g/mol. The van der Waals surface area contributed by atoms with Gasteiger partial charge in [0.2, 0.25) is 0 Å². The van der Waals surface area contributed by atoms with E-state index in [9.17, 15) is 0 Å². The van der Waals surface area contributed by atoms with Crippen LogP contribution in [0.4, 0.5) is 0 Å². The first-order valence-electron chi connectivity index (χ1n) is 5.10. The fraction of sp³-hybridized carbons (Fsp3) is 0.500. The van der Waals surface area contributed by atoms with Gasteiger partial charge in [-0.3, -0.25) is 0 Å². The Morgan fingerprint density at radius 1 is 1.21 bits per heavy atom. The van der Waals surface area contributed by atoms with E-state index in [0.29, 0.717) is 6.04 Å². The molecule has 0 saturated carbocycles. The van der Waals surface area contributed by atoms with Gasteiger partial charge in [0.05, 0.1) is 5.54 Å². The smallest absolute Gasteiger partial charge is 0.152 e. The molecule has 14 heavy (non-hydrogen) atoms. The molecule has 0 aliphatic carbocycles. The van der Waals surface area contributed by atoms with Gasteiger partial charge in [0, 0.05) is 11.6 Å². The number of rotatable bonds is 1. The van der Waals surface area contributed by atoms with Crippen LogP contribution in [0.1, 0.15) is 33.3 Å². The normalized spacial score (nSPS) is 19.5. The summed E-state index contributed by atoms with van der Waals surface area (Å²) in [4.78, 5) is 5.82. The van der Waals surface area contributed by atoms with E-state index in [0.717, 1.165) is 5.75 Å². The lowest BCUT2D eigenvalue weighted by Gasteiger charge is -2.32. The molecule has 0 radical (unpaired) electrons. The molecule has 1 aromatic rings. The van der Waals surface area contributed by atoms with Gasteiger partial charge in [-0.1, -0.05) is 18.2 Å². The second kappa shape index (κ2) is 2.99. The molecule has 2 rings (SSSR count). The molecule has 0 aromatic heterocycles. The van der Waals surface area contributed by atoms with E-state index in [2.05, 4.69) is 44.9 Å². The molecule has 1 heterocycles. The fourth-order valence-corrected chi connectivity index (χ4v) is 2.14. The Bertz CT molecular complexity index is 344. The van der Waals surface area contributed by atoms with Crippen LogP contribution in [0.25, 0.3) is 0 Å². The highest BCUT2D eigenvalue weighted by atomic mass is 16.7. The van der Waals surface area contributed by atoms with E-state index in [4.69, 9.17) is 4.84 Å². The quantitative estimate of drug-likeness (QED) is 0.676. The maximum absolute atomic E-state index is 5.82. The molecule has 0 spiro atoms. The van der Waals surface area contributed by atoms with E-state index >= 15 is 0 Å². The summed E-state index contributed by atoms with van der Waals surface area (Å²) in [5, 5.41) is 2.05. The largest absolute Gasteiger partial charge is 0.405 e. The van der Waals surface area contributed by atoms with Gasteiger partial charge < -0.3 is 4.84 Å². The van der Waals surface area contributed by atoms with Crippen LogP contribution in [0.5, 0.6) is 5.75 Å². The van der Waals surface area contributed by atoms with Crippen LogP contribution in [0.3, 0.4) is 0 Å². The molecule has 0 fully saturated rings. The highest BCUT2D eigenvalue weighted by Crippen LogP contribution is 2.42. The first kappa shape index (κ1) is 9.53. The summed E-state index contributed by atoms with van der Waals surface area (Å²) in [5.41, 5.74) is 1.25. The molecule has 0 saturated heterocycles. The van der Waals surface area contributed by atoms with Gasteiger partial charge in [0.15, 0.2) is 5.75 Å². The summed E-state index contributed by atoms with van der Waals surface area (Å²) < 4.78 is 0. The molecule has 1 aromatic carbocycles. The number of fused-ring (bicyclic) bond motifs is 1. The Balaban J connectivity index is 2.45. The number of hydrogen-bond donors (Lipinski definition) is 0. The van der Waals surface area contributed by atoms with E-state index in [1.165, 1.54) is 5.56 Å². The Hall–Kier alpha value is -1.02. The van der Waals surface area contributed by atoms with Crippen LogP contribution < -0.4 is 4.84 Å². The van der Waals surface area contributed by atoms with Gasteiger partial charge in [-0.15, -0.1) is 5.06 Å². The number of para-hydroxylation sites is 1. The third kappa shape index (κ3) is 1.22. The Morgan fingerprint density at radius 2 is 1.86 bits per heavy atom. The Kier molecular flexibility index (Phi) is 2.04. The maximum Gasteiger partial charge on any atom is 0.152 e. The van der Waals surface area contributed by atoms with Crippen LogP contribution >= 0.6 is 0 Å². The minimum Gasteiger partial charge on any atom is -0.405 e. The first-order chi connectivity index (χ1) is 6.53. The molecule has 0 unspecified atom stereocenters. The second-order valence-electron chi connectivity index (χ2n) is 4.57. The van der Waals surface area contributed by atoms with Gasteiger partial charge >= 0.3 is 0 Å². The van der Waals surface area contributed by atoms with Crippen molar-refractivity contribution in [2.75, 3.05) is 0 Å². The number of benzene rings is 1. The maximum atomic E-state index is 5.82. The highest BCUT2D eigenvalue weighted by molar-refractivity contribution is 5.40. The predicted molar refractivity (Wildman–Crippen MR) is 57.1 cm³/mol. The van der Waals surface area contributed by atoms with Crippen LogP contribution in [0.2, 0.25) is 0 Å². The molecule has 2 heteroatoms. The molecule has 0 amide bonds. The molecule has 0 atom stereocenters. The summed E-state index contributed by atoms with van der Waals surface area (Å²) in [7, 11) is 0. The van der Waals surface area contributed by atoms with Crippen molar-refractivity contribution in [2.45, 2.75) is 39.3 Å². The average molecular weight is 191 g/mol. The predicted octanol–water partition coefficient (Wildman–Crippen LogP) is 2.94. The van der Waals surface area contributed by atoms with Crippen molar-refractivity contribution in [3.05, 3.63) is 29.8 Å². The third-order valence-corrected chi connectivity index (χ3v) is 2.76. The van der Waals surface area contributed by atoms with Crippen LogP contribution in [0.15, 0.2) is 24.3 Å². The second-order valence-corrected chi connectivity index (χ2v) is 4.57. The zero-order valence-corrected chi connectivity index (χ0v) is 9.24. The van der Waals surface area contributed by atoms with Crippen molar-refractivity contribution < 1.29 is 4.84 Å². The zero-order valence-electron chi connectivity index (χ0n) is 9.24. The number of nitrogens with zero attached hydrogens (tertiary/aromatic N) is 1. The Morgan fingerprint density at radius 3 is 2.43 bits per heavy atom. The minimum absolute atomic E-state index is 0.0231. The van der Waals surface area contributed by atoms with E-state index in [1.54, 1.807) is 0 Å². The van der Waals surface area contributed by atoms with Crippen molar-refractivity contribution in [2.24, 2.45) is 0 Å². The van der Waals surface area contributed by atoms with Gasteiger partial charge in [-0.05, 0) is 33.8 Å². The fourth-order valence-electron chi connectivity index (χ4n) is 2.14. The van der Waals surface area contributed by atoms with Gasteiger partial charge in [0.1, 0.15) is 0 Å². The van der Waals surface area contributed by atoms with Crippen LogP contribution in [0, 0.1) is 0 Å². The molecule has 1 aliphatic heterocycles. The van der Waals surface area contributed by atoms with Crippen molar-refractivity contribution >= 4 is 0 Å². The van der Waals surface area contributed by atoms with Crippen molar-refractivity contribution in [1.82, 2.24) is 5.06 Å². The monoisotopic (exact) mass is 191 g/mol. The molecular formula is C12H17NO. The molecule has 0 bridgehead atoms. The van der Waals surface area contributed by atoms with E-state index in [1.807, 2.05) is 12.1 Å². The van der Waals surface area contributed by atoms with Crippen LogP contribution in [-0.2, 0) is 5.54 Å². The lowest BCUT2D eigenvalue weighted by atomic mass is 9.93. The summed E-state index contributed by atoms with van der Waals surface area (Å²) in [6.07, 6.45) is 0. The van der Waals surface area contributed by atoms with Crippen LogP contribution in [-0.4, -0.2) is 11.1 Å². The summed E-state index contributed by atoms with van der Waals surface area (Å²) in [5.74, 6) is 0.992. The molecule has 76 valence electrons. The van der Waals surface area contributed by atoms with Crippen molar-refractivity contribution in [3.8, 4) is 5.75 Å². The summed E-state index contributed by atoms with van der Waals surface area (Å²) >= 11 is 0. The minimum atomic E-state index is -0.0231. The third-order valence-electron chi connectivity index (χ3n) is 2.76. The zero-order chi connectivity index (χ0) is 10.3. The van der Waals surface area contributed by atoms with E-state index < -0.39 is 0 Å². The molecule has 1 aliphatic rings. The summed E-state index contributed by atoms with van der Waals surface area (Å²) in [6, 6.07) is 8.63. The highest BCUT2D eigenvalue weighted by Gasteiger charge is 2.40.